The number of ether oxygens (including phenoxy) is 1. The largest absolute Gasteiger partial charge is 0.453 e. The van der Waals surface area contributed by atoms with Crippen LogP contribution in [0, 0.1) is 5.41 Å². The van der Waals surface area contributed by atoms with Crippen molar-refractivity contribution in [3.05, 3.63) is 47.0 Å². The van der Waals surface area contributed by atoms with Crippen LogP contribution in [0.5, 0.6) is 0 Å². The van der Waals surface area contributed by atoms with Gasteiger partial charge in [0.2, 0.25) is 0 Å². The summed E-state index contributed by atoms with van der Waals surface area (Å²) in [6, 6.07) is 9.76. The van der Waals surface area contributed by atoms with Gasteiger partial charge in [-0.2, -0.15) is 0 Å². The third-order valence-corrected chi connectivity index (χ3v) is 4.35. The number of ketones is 1. The zero-order valence-corrected chi connectivity index (χ0v) is 11.1. The third kappa shape index (κ3) is 1.65. The van der Waals surface area contributed by atoms with Gasteiger partial charge in [0.1, 0.15) is 6.10 Å². The second-order valence-electron chi connectivity index (χ2n) is 5.54. The Balaban J connectivity index is 2.13. The summed E-state index contributed by atoms with van der Waals surface area (Å²) >= 11 is 0. The van der Waals surface area contributed by atoms with Gasteiger partial charge in [0.25, 0.3) is 0 Å². The van der Waals surface area contributed by atoms with Gasteiger partial charge in [0.15, 0.2) is 5.78 Å². The van der Waals surface area contributed by atoms with Gasteiger partial charge in [0, 0.05) is 17.4 Å². The second-order valence-corrected chi connectivity index (χ2v) is 5.54. The Morgan fingerprint density at radius 1 is 1.21 bits per heavy atom. The first kappa shape index (κ1) is 12.2. The average molecular weight is 256 g/mol. The average Bonchev–Trinajstić information content (AvgIpc) is 2.68. The molecular formula is C16H16O3. The van der Waals surface area contributed by atoms with Gasteiger partial charge in [-0.15, -0.1) is 0 Å². The van der Waals surface area contributed by atoms with Gasteiger partial charge in [-0.1, -0.05) is 37.3 Å². The van der Waals surface area contributed by atoms with Crippen molar-refractivity contribution >= 4 is 11.8 Å². The number of fused-ring (bicyclic) bond motifs is 1. The molecule has 19 heavy (non-hydrogen) atoms. The molecule has 3 nitrogen and oxygen atoms in total. The van der Waals surface area contributed by atoms with E-state index >= 15 is 0 Å². The molecular weight excluding hydrogens is 240 g/mol. The number of allylic oxidation sites excluding steroid dienone is 1. The SMILES string of the molecule is CC1=C2C(=O)O[C@@H](c3ccccc3)[C@]2(C)CCC1=O. The van der Waals surface area contributed by atoms with E-state index in [1.807, 2.05) is 37.3 Å². The molecule has 1 aromatic carbocycles. The van der Waals surface area contributed by atoms with Crippen molar-refractivity contribution in [2.24, 2.45) is 5.41 Å². The van der Waals surface area contributed by atoms with E-state index in [1.54, 1.807) is 6.92 Å². The molecule has 98 valence electrons. The smallest absolute Gasteiger partial charge is 0.335 e. The quantitative estimate of drug-likeness (QED) is 0.725. The zero-order valence-electron chi connectivity index (χ0n) is 11.1. The van der Waals surface area contributed by atoms with Gasteiger partial charge in [0.05, 0.1) is 5.57 Å². The minimum absolute atomic E-state index is 0.0677. The van der Waals surface area contributed by atoms with E-state index < -0.39 is 0 Å². The van der Waals surface area contributed by atoms with Crippen LogP contribution in [0.3, 0.4) is 0 Å². The Morgan fingerprint density at radius 3 is 2.58 bits per heavy atom. The van der Waals surface area contributed by atoms with Crippen LogP contribution < -0.4 is 0 Å². The van der Waals surface area contributed by atoms with Crippen molar-refractivity contribution in [2.45, 2.75) is 32.8 Å². The molecule has 0 saturated carbocycles. The summed E-state index contributed by atoms with van der Waals surface area (Å²) in [6.45, 7) is 3.77. The molecule has 3 heteroatoms. The standard InChI is InChI=1S/C16H16O3/c1-10-12(17)8-9-16(2)13(10)15(18)19-14(16)11-6-4-3-5-7-11/h3-7,14H,8-9H2,1-2H3/t14-,16+/m0/s1. The van der Waals surface area contributed by atoms with Crippen LogP contribution in [0.25, 0.3) is 0 Å². The summed E-state index contributed by atoms with van der Waals surface area (Å²) in [6.07, 6.45) is 0.884. The molecule has 2 aliphatic rings. The van der Waals surface area contributed by atoms with Crippen LogP contribution in [0.4, 0.5) is 0 Å². The molecule has 1 aromatic rings. The van der Waals surface area contributed by atoms with E-state index in [0.29, 0.717) is 24.0 Å². The van der Waals surface area contributed by atoms with Crippen molar-refractivity contribution in [1.82, 2.24) is 0 Å². The first-order valence-electron chi connectivity index (χ1n) is 6.54. The van der Waals surface area contributed by atoms with Crippen LogP contribution in [-0.2, 0) is 14.3 Å². The maximum Gasteiger partial charge on any atom is 0.335 e. The Bertz CT molecular complexity index is 585. The zero-order chi connectivity index (χ0) is 13.6. The lowest BCUT2D eigenvalue weighted by Gasteiger charge is -2.33. The predicted octanol–water partition coefficient (Wildman–Crippen LogP) is 2.97. The number of Topliss-reactive ketones (excluding diaryl/α,β-unsaturated/α-hetero) is 1. The number of carbonyl (C=O) groups is 2. The monoisotopic (exact) mass is 256 g/mol. The Labute approximate surface area is 112 Å². The van der Waals surface area contributed by atoms with Crippen LogP contribution in [0.15, 0.2) is 41.5 Å². The lowest BCUT2D eigenvalue weighted by atomic mass is 9.68. The van der Waals surface area contributed by atoms with Crippen LogP contribution >= 0.6 is 0 Å². The number of cyclic esters (lactones) is 1. The Morgan fingerprint density at radius 2 is 1.89 bits per heavy atom. The van der Waals surface area contributed by atoms with Crippen LogP contribution in [0.2, 0.25) is 0 Å². The van der Waals surface area contributed by atoms with Crippen LogP contribution in [0.1, 0.15) is 38.4 Å². The summed E-state index contributed by atoms with van der Waals surface area (Å²) < 4.78 is 5.57. The molecule has 0 bridgehead atoms. The Hall–Kier alpha value is -1.90. The van der Waals surface area contributed by atoms with Gasteiger partial charge >= 0.3 is 5.97 Å². The number of benzene rings is 1. The topological polar surface area (TPSA) is 43.4 Å². The summed E-state index contributed by atoms with van der Waals surface area (Å²) in [5.74, 6) is -0.264. The van der Waals surface area contributed by atoms with Crippen molar-refractivity contribution in [2.75, 3.05) is 0 Å². The van der Waals surface area contributed by atoms with E-state index in [9.17, 15) is 9.59 Å². The molecule has 0 radical (unpaired) electrons. The summed E-state index contributed by atoms with van der Waals surface area (Å²) in [7, 11) is 0. The molecule has 1 heterocycles. The number of hydrogen-bond donors (Lipinski definition) is 0. The summed E-state index contributed by atoms with van der Waals surface area (Å²) in [5, 5.41) is 0. The molecule has 0 amide bonds. The predicted molar refractivity (Wildman–Crippen MR) is 70.3 cm³/mol. The minimum Gasteiger partial charge on any atom is -0.453 e. The molecule has 0 spiro atoms. The maximum absolute atomic E-state index is 12.1. The van der Waals surface area contributed by atoms with E-state index in [0.717, 1.165) is 5.56 Å². The molecule has 1 aliphatic heterocycles. The molecule has 3 rings (SSSR count). The highest BCUT2D eigenvalue weighted by Crippen LogP contribution is 2.55. The van der Waals surface area contributed by atoms with E-state index in [1.165, 1.54) is 0 Å². The molecule has 0 aromatic heterocycles. The fraction of sp³-hybridized carbons (Fsp3) is 0.375. The van der Waals surface area contributed by atoms with Gasteiger partial charge < -0.3 is 4.74 Å². The van der Waals surface area contributed by atoms with E-state index in [2.05, 4.69) is 0 Å². The van der Waals surface area contributed by atoms with Crippen LogP contribution in [-0.4, -0.2) is 11.8 Å². The molecule has 2 atom stereocenters. The van der Waals surface area contributed by atoms with Gasteiger partial charge in [-0.05, 0) is 18.9 Å². The number of rotatable bonds is 1. The number of esters is 1. The first-order chi connectivity index (χ1) is 9.04. The van der Waals surface area contributed by atoms with E-state index in [-0.39, 0.29) is 23.3 Å². The summed E-state index contributed by atoms with van der Waals surface area (Å²) in [5.41, 5.74) is 1.78. The highest BCUT2D eigenvalue weighted by atomic mass is 16.6. The minimum atomic E-state index is -0.379. The van der Waals surface area contributed by atoms with Crippen molar-refractivity contribution in [3.63, 3.8) is 0 Å². The Kier molecular flexibility index (Phi) is 2.59. The first-order valence-corrected chi connectivity index (χ1v) is 6.54. The second kappa shape index (κ2) is 4.05. The van der Waals surface area contributed by atoms with E-state index in [4.69, 9.17) is 4.74 Å². The van der Waals surface area contributed by atoms with Gasteiger partial charge in [-0.3, -0.25) is 4.79 Å². The lowest BCUT2D eigenvalue weighted by molar-refractivity contribution is -0.140. The maximum atomic E-state index is 12.1. The molecule has 1 fully saturated rings. The van der Waals surface area contributed by atoms with Crippen molar-refractivity contribution < 1.29 is 14.3 Å². The molecule has 0 N–H and O–H groups in total. The number of hydrogen-bond acceptors (Lipinski definition) is 3. The molecule has 1 aliphatic carbocycles. The number of carbonyl (C=O) groups excluding carboxylic acids is 2. The lowest BCUT2D eigenvalue weighted by Crippen LogP contribution is -2.30. The fourth-order valence-electron chi connectivity index (χ4n) is 3.26. The molecule has 1 saturated heterocycles. The fourth-order valence-corrected chi connectivity index (χ4v) is 3.26. The third-order valence-electron chi connectivity index (χ3n) is 4.35. The normalized spacial score (nSPS) is 30.3. The summed E-state index contributed by atoms with van der Waals surface area (Å²) in [4.78, 5) is 23.9. The highest BCUT2D eigenvalue weighted by molar-refractivity contribution is 6.06. The molecule has 0 unspecified atom stereocenters. The van der Waals surface area contributed by atoms with Crippen molar-refractivity contribution in [1.29, 1.82) is 0 Å². The highest BCUT2D eigenvalue weighted by Gasteiger charge is 2.53. The van der Waals surface area contributed by atoms with Crippen molar-refractivity contribution in [3.8, 4) is 0 Å². The van der Waals surface area contributed by atoms with Gasteiger partial charge in [-0.25, -0.2) is 4.79 Å².